The van der Waals surface area contributed by atoms with Crippen molar-refractivity contribution in [3.8, 4) is 0 Å². The summed E-state index contributed by atoms with van der Waals surface area (Å²) in [5, 5.41) is 0. The van der Waals surface area contributed by atoms with Crippen LogP contribution in [0.25, 0.3) is 0 Å². The summed E-state index contributed by atoms with van der Waals surface area (Å²) in [6, 6.07) is 0.705. The van der Waals surface area contributed by atoms with E-state index in [0.717, 1.165) is 0 Å². The van der Waals surface area contributed by atoms with Crippen LogP contribution < -0.4 is 0 Å². The summed E-state index contributed by atoms with van der Waals surface area (Å²) in [7, 11) is 0. The molecule has 15 heavy (non-hydrogen) atoms. The Labute approximate surface area is 92.8 Å². The van der Waals surface area contributed by atoms with Gasteiger partial charge in [-0.25, -0.2) is 4.39 Å². The van der Waals surface area contributed by atoms with Gasteiger partial charge in [0.15, 0.2) is 0 Å². The largest absolute Gasteiger partial charge is 0.376 e. The van der Waals surface area contributed by atoms with E-state index in [0.29, 0.717) is 31.2 Å². The van der Waals surface area contributed by atoms with E-state index < -0.39 is 5.67 Å². The predicted molar refractivity (Wildman–Crippen MR) is 60.8 cm³/mol. The Morgan fingerprint density at radius 2 is 1.93 bits per heavy atom. The lowest BCUT2D eigenvalue weighted by molar-refractivity contribution is 0.0428. The molecule has 2 nitrogen and oxygen atoms in total. The molecule has 3 heteroatoms. The summed E-state index contributed by atoms with van der Waals surface area (Å²) in [5.41, 5.74) is -1.21. The van der Waals surface area contributed by atoms with Gasteiger partial charge in [-0.1, -0.05) is 13.8 Å². The van der Waals surface area contributed by atoms with Crippen molar-refractivity contribution in [3.63, 3.8) is 0 Å². The van der Waals surface area contributed by atoms with Gasteiger partial charge in [-0.3, -0.25) is 4.90 Å². The smallest absolute Gasteiger partial charge is 0.144 e. The summed E-state index contributed by atoms with van der Waals surface area (Å²) in [6.07, 6.45) is 0. The Morgan fingerprint density at radius 1 is 1.33 bits per heavy atom. The van der Waals surface area contributed by atoms with Crippen molar-refractivity contribution in [1.29, 1.82) is 0 Å². The molecule has 0 radical (unpaired) electrons. The summed E-state index contributed by atoms with van der Waals surface area (Å²) >= 11 is 0. The van der Waals surface area contributed by atoms with Crippen LogP contribution in [0, 0.1) is 5.92 Å². The number of ether oxygens (including phenoxy) is 1. The Hall–Kier alpha value is -0.150. The van der Waals surface area contributed by atoms with Gasteiger partial charge in [0.2, 0.25) is 0 Å². The fourth-order valence-electron chi connectivity index (χ4n) is 2.17. The number of hydrogen-bond donors (Lipinski definition) is 0. The maximum Gasteiger partial charge on any atom is 0.144 e. The lowest BCUT2D eigenvalue weighted by Gasteiger charge is -2.37. The van der Waals surface area contributed by atoms with E-state index in [9.17, 15) is 4.39 Å². The van der Waals surface area contributed by atoms with Gasteiger partial charge < -0.3 is 4.74 Å². The first-order chi connectivity index (χ1) is 6.83. The molecule has 1 fully saturated rings. The number of rotatable bonds is 2. The molecule has 0 aromatic rings. The van der Waals surface area contributed by atoms with Crippen LogP contribution in [0.1, 0.15) is 34.6 Å². The van der Waals surface area contributed by atoms with Crippen LogP contribution in [-0.2, 0) is 4.74 Å². The third-order valence-corrected chi connectivity index (χ3v) is 3.06. The Morgan fingerprint density at radius 3 is 2.40 bits per heavy atom. The molecule has 0 N–H and O–H groups in total. The number of nitrogens with zero attached hydrogens (tertiary/aromatic N) is 1. The number of alkyl halides is 1. The van der Waals surface area contributed by atoms with E-state index in [1.54, 1.807) is 6.92 Å². The minimum Gasteiger partial charge on any atom is -0.376 e. The minimum atomic E-state index is -1.21. The van der Waals surface area contributed by atoms with Gasteiger partial charge in [-0.2, -0.15) is 0 Å². The number of hydrogen-bond acceptors (Lipinski definition) is 2. The van der Waals surface area contributed by atoms with Gasteiger partial charge in [0.25, 0.3) is 0 Å². The molecule has 0 aromatic carbocycles. The van der Waals surface area contributed by atoms with E-state index in [-0.39, 0.29) is 6.61 Å². The number of halogens is 1. The molecule has 0 bridgehead atoms. The molecular weight excluding hydrogens is 193 g/mol. The van der Waals surface area contributed by atoms with Gasteiger partial charge in [0.1, 0.15) is 5.67 Å². The average molecular weight is 217 g/mol. The fourth-order valence-corrected chi connectivity index (χ4v) is 2.17. The highest BCUT2D eigenvalue weighted by Gasteiger charge is 2.36. The molecule has 2 unspecified atom stereocenters. The lowest BCUT2D eigenvalue weighted by Crippen LogP contribution is -2.49. The highest BCUT2D eigenvalue weighted by molar-refractivity contribution is 4.88. The molecule has 0 amide bonds. The SMILES string of the molecule is CC(C)C1COCC(C)(F)CN1C(C)C. The molecule has 1 aliphatic rings. The van der Waals surface area contributed by atoms with Crippen LogP contribution in [0.4, 0.5) is 4.39 Å². The predicted octanol–water partition coefficient (Wildman–Crippen LogP) is 2.48. The van der Waals surface area contributed by atoms with Crippen LogP contribution >= 0.6 is 0 Å². The van der Waals surface area contributed by atoms with E-state index in [1.165, 1.54) is 0 Å². The first-order valence-corrected chi connectivity index (χ1v) is 5.86. The minimum absolute atomic E-state index is 0.222. The zero-order valence-corrected chi connectivity index (χ0v) is 10.6. The molecule has 1 heterocycles. The first-order valence-electron chi connectivity index (χ1n) is 5.86. The molecule has 1 rings (SSSR count). The summed E-state index contributed by atoms with van der Waals surface area (Å²) in [6.45, 7) is 11.6. The summed E-state index contributed by atoms with van der Waals surface area (Å²) < 4.78 is 19.5. The van der Waals surface area contributed by atoms with E-state index in [2.05, 4.69) is 32.6 Å². The molecule has 0 saturated carbocycles. The second kappa shape index (κ2) is 4.79. The van der Waals surface area contributed by atoms with Crippen molar-refractivity contribution in [3.05, 3.63) is 0 Å². The molecule has 0 aliphatic carbocycles. The maximum absolute atomic E-state index is 14.0. The van der Waals surface area contributed by atoms with E-state index in [4.69, 9.17) is 4.74 Å². The van der Waals surface area contributed by atoms with Gasteiger partial charge in [-0.15, -0.1) is 0 Å². The quantitative estimate of drug-likeness (QED) is 0.704. The van der Waals surface area contributed by atoms with Crippen molar-refractivity contribution in [2.45, 2.75) is 52.4 Å². The third kappa shape index (κ3) is 3.42. The first kappa shape index (κ1) is 12.9. The topological polar surface area (TPSA) is 12.5 Å². The van der Waals surface area contributed by atoms with Gasteiger partial charge >= 0.3 is 0 Å². The molecular formula is C12H24FNO. The van der Waals surface area contributed by atoms with Crippen LogP contribution in [0.3, 0.4) is 0 Å². The summed E-state index contributed by atoms with van der Waals surface area (Å²) in [5.74, 6) is 0.501. The Kier molecular flexibility index (Phi) is 4.13. The normalized spacial score (nSPS) is 34.8. The zero-order valence-electron chi connectivity index (χ0n) is 10.6. The monoisotopic (exact) mass is 217 g/mol. The van der Waals surface area contributed by atoms with E-state index >= 15 is 0 Å². The van der Waals surface area contributed by atoms with E-state index in [1.807, 2.05) is 0 Å². The van der Waals surface area contributed by atoms with Crippen LogP contribution in [0.5, 0.6) is 0 Å². The third-order valence-electron chi connectivity index (χ3n) is 3.06. The molecule has 2 atom stereocenters. The Balaban J connectivity index is 2.80. The van der Waals surface area contributed by atoms with Crippen molar-refractivity contribution in [2.24, 2.45) is 5.92 Å². The van der Waals surface area contributed by atoms with Gasteiger partial charge in [0, 0.05) is 18.6 Å². The van der Waals surface area contributed by atoms with Gasteiger partial charge in [0.05, 0.1) is 13.2 Å². The van der Waals surface area contributed by atoms with Crippen LogP contribution in [0.2, 0.25) is 0 Å². The molecule has 1 saturated heterocycles. The second-order valence-electron chi connectivity index (χ2n) is 5.51. The van der Waals surface area contributed by atoms with Gasteiger partial charge in [-0.05, 0) is 26.7 Å². The average Bonchev–Trinajstić information content (AvgIpc) is 2.23. The molecule has 0 aromatic heterocycles. The zero-order chi connectivity index (χ0) is 11.6. The lowest BCUT2D eigenvalue weighted by atomic mass is 10.0. The highest BCUT2D eigenvalue weighted by Crippen LogP contribution is 2.24. The van der Waals surface area contributed by atoms with Crippen molar-refractivity contribution < 1.29 is 9.13 Å². The van der Waals surface area contributed by atoms with Crippen molar-refractivity contribution in [2.75, 3.05) is 19.8 Å². The highest BCUT2D eigenvalue weighted by atomic mass is 19.1. The van der Waals surface area contributed by atoms with Crippen molar-refractivity contribution >= 4 is 0 Å². The molecule has 0 spiro atoms. The summed E-state index contributed by atoms with van der Waals surface area (Å²) in [4.78, 5) is 2.23. The second-order valence-corrected chi connectivity index (χ2v) is 5.51. The standard InChI is InChI=1S/C12H24FNO/c1-9(2)11-6-15-8-12(5,13)7-14(11)10(3)4/h9-11H,6-8H2,1-5H3. The van der Waals surface area contributed by atoms with Crippen LogP contribution in [0.15, 0.2) is 0 Å². The van der Waals surface area contributed by atoms with Crippen molar-refractivity contribution in [1.82, 2.24) is 4.90 Å². The Bertz CT molecular complexity index is 204. The maximum atomic E-state index is 14.0. The van der Waals surface area contributed by atoms with Crippen LogP contribution in [-0.4, -0.2) is 42.4 Å². The molecule has 1 aliphatic heterocycles. The fraction of sp³-hybridized carbons (Fsp3) is 1.00. The molecule has 90 valence electrons.